The molecular weight excluding hydrogens is 414 g/mol. The summed E-state index contributed by atoms with van der Waals surface area (Å²) in [5.41, 5.74) is 3.87. The van der Waals surface area contributed by atoms with E-state index in [0.29, 0.717) is 31.2 Å². The fraction of sp³-hybridized carbons (Fsp3) is 0.500. The van der Waals surface area contributed by atoms with E-state index in [9.17, 15) is 25.4 Å². The summed E-state index contributed by atoms with van der Waals surface area (Å²) >= 11 is 0. The van der Waals surface area contributed by atoms with Crippen LogP contribution in [0.4, 0.5) is 0 Å². The van der Waals surface area contributed by atoms with Gasteiger partial charge in [-0.05, 0) is 74.3 Å². The molecule has 0 saturated heterocycles. The Morgan fingerprint density at radius 3 is 2.82 bits per heavy atom. The van der Waals surface area contributed by atoms with Crippen molar-refractivity contribution in [3.8, 4) is 6.07 Å². The molecule has 5 heteroatoms. The minimum atomic E-state index is -1.38. The van der Waals surface area contributed by atoms with Gasteiger partial charge >= 0.3 is 0 Å². The quantitative estimate of drug-likeness (QED) is 0.608. The maximum Gasteiger partial charge on any atom is 0.155 e. The van der Waals surface area contributed by atoms with Crippen LogP contribution in [0.1, 0.15) is 67.6 Å². The number of carbonyl (C=O) groups excluding carboxylic acids is 1. The molecule has 1 fully saturated rings. The predicted octanol–water partition coefficient (Wildman–Crippen LogP) is 3.39. The summed E-state index contributed by atoms with van der Waals surface area (Å²) in [5, 5.41) is 42.6. The Kier molecular flexibility index (Phi) is 4.46. The molecule has 1 aromatic carbocycles. The number of allylic oxidation sites excluding steroid dienone is 3. The van der Waals surface area contributed by atoms with E-state index in [4.69, 9.17) is 0 Å². The molecule has 1 spiro atoms. The van der Waals surface area contributed by atoms with E-state index in [1.54, 1.807) is 6.08 Å². The van der Waals surface area contributed by atoms with E-state index in [1.807, 2.05) is 24.3 Å². The number of benzene rings is 1. The molecule has 0 radical (unpaired) electrons. The van der Waals surface area contributed by atoms with Crippen LogP contribution in [0.5, 0.6) is 0 Å². The Morgan fingerprint density at radius 1 is 1.18 bits per heavy atom. The van der Waals surface area contributed by atoms with E-state index in [-0.39, 0.29) is 29.6 Å². The van der Waals surface area contributed by atoms with Crippen molar-refractivity contribution in [1.82, 2.24) is 0 Å². The normalized spacial score (nSPS) is 38.8. The Balaban J connectivity index is 1.60. The highest BCUT2D eigenvalue weighted by Gasteiger charge is 2.65. The lowest BCUT2D eigenvalue weighted by molar-refractivity contribution is -0.131. The lowest BCUT2D eigenvalue weighted by atomic mass is 9.47. The summed E-state index contributed by atoms with van der Waals surface area (Å²) in [6, 6.07) is 8.12. The van der Waals surface area contributed by atoms with Crippen molar-refractivity contribution in [1.29, 1.82) is 5.26 Å². The number of aliphatic hydroxyl groups is 3. The third-order valence-electron chi connectivity index (χ3n) is 9.34. The number of hydrogen-bond acceptors (Lipinski definition) is 5. The summed E-state index contributed by atoms with van der Waals surface area (Å²) in [6.07, 6.45) is 10.3. The fourth-order valence-corrected chi connectivity index (χ4v) is 8.00. The van der Waals surface area contributed by atoms with Crippen molar-refractivity contribution in [2.24, 2.45) is 11.3 Å². The highest BCUT2D eigenvalue weighted by atomic mass is 16.4. The van der Waals surface area contributed by atoms with Crippen LogP contribution in [0.25, 0.3) is 0 Å². The molecule has 1 aromatic rings. The van der Waals surface area contributed by atoms with Crippen LogP contribution in [0.3, 0.4) is 0 Å². The van der Waals surface area contributed by atoms with Crippen LogP contribution in [0.15, 0.2) is 53.1 Å². The molecular formula is C28H29NO4. The van der Waals surface area contributed by atoms with Crippen LogP contribution < -0.4 is 0 Å². The van der Waals surface area contributed by atoms with Crippen LogP contribution in [0.2, 0.25) is 0 Å². The van der Waals surface area contributed by atoms with Crippen LogP contribution >= 0.6 is 0 Å². The average molecular weight is 444 g/mol. The van der Waals surface area contributed by atoms with Gasteiger partial charge in [0.2, 0.25) is 0 Å². The van der Waals surface area contributed by atoms with Crippen molar-refractivity contribution in [3.63, 3.8) is 0 Å². The number of ketones is 1. The molecule has 0 unspecified atom stereocenters. The topological polar surface area (TPSA) is 102 Å². The zero-order valence-electron chi connectivity index (χ0n) is 18.7. The molecule has 1 saturated carbocycles. The van der Waals surface area contributed by atoms with Gasteiger partial charge in [0.15, 0.2) is 5.78 Å². The van der Waals surface area contributed by atoms with E-state index in [1.165, 1.54) is 22.8 Å². The molecule has 33 heavy (non-hydrogen) atoms. The molecule has 0 bridgehead atoms. The van der Waals surface area contributed by atoms with Gasteiger partial charge in [0.25, 0.3) is 0 Å². The zero-order chi connectivity index (χ0) is 23.0. The van der Waals surface area contributed by atoms with Crippen LogP contribution in [-0.4, -0.2) is 38.9 Å². The maximum atomic E-state index is 12.4. The van der Waals surface area contributed by atoms with E-state index in [0.717, 1.165) is 36.8 Å². The van der Waals surface area contributed by atoms with Crippen molar-refractivity contribution in [2.75, 3.05) is 6.61 Å². The highest BCUT2D eigenvalue weighted by molar-refractivity contribution is 5.92. The molecule has 0 heterocycles. The Hall–Kier alpha value is -2.52. The summed E-state index contributed by atoms with van der Waals surface area (Å²) < 4.78 is 0. The first-order valence-corrected chi connectivity index (χ1v) is 12.1. The molecule has 170 valence electrons. The second kappa shape index (κ2) is 6.99. The summed E-state index contributed by atoms with van der Waals surface area (Å²) in [7, 11) is 0. The number of nitriles is 1. The van der Waals surface area contributed by atoms with Gasteiger partial charge in [0, 0.05) is 23.7 Å². The van der Waals surface area contributed by atoms with Crippen molar-refractivity contribution in [3.05, 3.63) is 69.8 Å². The summed E-state index contributed by atoms with van der Waals surface area (Å²) in [6.45, 7) is -0.175. The Bertz CT molecular complexity index is 1200. The van der Waals surface area contributed by atoms with Gasteiger partial charge in [-0.25, -0.2) is 0 Å². The van der Waals surface area contributed by atoms with Gasteiger partial charge in [-0.2, -0.15) is 5.26 Å². The second-order valence-corrected chi connectivity index (χ2v) is 10.6. The predicted molar refractivity (Wildman–Crippen MR) is 122 cm³/mol. The molecule has 0 aromatic heterocycles. The van der Waals surface area contributed by atoms with Crippen molar-refractivity contribution in [2.45, 2.75) is 68.5 Å². The van der Waals surface area contributed by atoms with Crippen molar-refractivity contribution >= 4 is 5.78 Å². The number of hydrogen-bond donors (Lipinski definition) is 3. The molecule has 6 rings (SSSR count). The summed E-state index contributed by atoms with van der Waals surface area (Å²) in [5.74, 6) is 0.0272. The second-order valence-electron chi connectivity index (χ2n) is 10.6. The monoisotopic (exact) mass is 443 g/mol. The first-order chi connectivity index (χ1) is 15.8. The fourth-order valence-electron chi connectivity index (χ4n) is 8.00. The van der Waals surface area contributed by atoms with E-state index in [2.05, 4.69) is 6.07 Å². The van der Waals surface area contributed by atoms with Gasteiger partial charge in [0.1, 0.15) is 11.2 Å². The molecule has 5 aliphatic carbocycles. The first-order valence-electron chi connectivity index (χ1n) is 12.1. The minimum absolute atomic E-state index is 0.0539. The lowest BCUT2D eigenvalue weighted by Gasteiger charge is -2.58. The Labute approximate surface area is 193 Å². The maximum absolute atomic E-state index is 12.4. The first kappa shape index (κ1) is 21.0. The SMILES string of the molecule is N#Cc1ccc2c(c1)C[C@]13CCC(=O)C=C1CCC1=C3[C@@H]2C[C@@]2(O)[C@H]1CC[C@@]2(O)/C=C\CO. The van der Waals surface area contributed by atoms with Crippen molar-refractivity contribution < 1.29 is 20.1 Å². The molecule has 5 atom stereocenters. The standard InChI is InChI=1S/C28H29NO4/c29-16-17-2-4-21-18(12-17)14-26-9-6-20(31)13-19(26)3-5-22-24-7-10-27(32,8-1-11-30)28(24,33)15-23(21)25(22)26/h1-2,4,8,12-13,23-24,30,32-33H,3,5-7,9-11,14-15H2/b8-1-/t23-,24+,26-,27+,28-/m1/s1. The van der Waals surface area contributed by atoms with Gasteiger partial charge < -0.3 is 15.3 Å². The van der Waals surface area contributed by atoms with Gasteiger partial charge in [-0.3, -0.25) is 4.79 Å². The highest BCUT2D eigenvalue weighted by Crippen LogP contribution is 2.68. The number of rotatable bonds is 2. The zero-order valence-corrected chi connectivity index (χ0v) is 18.7. The minimum Gasteiger partial charge on any atom is -0.392 e. The third kappa shape index (κ3) is 2.66. The van der Waals surface area contributed by atoms with E-state index >= 15 is 0 Å². The molecule has 3 N–H and O–H groups in total. The molecule has 5 aliphatic rings. The smallest absolute Gasteiger partial charge is 0.155 e. The number of fused-ring (bicyclic) bond motifs is 4. The number of aliphatic hydroxyl groups excluding tert-OH is 1. The summed E-state index contributed by atoms with van der Waals surface area (Å²) in [4.78, 5) is 12.4. The Morgan fingerprint density at radius 2 is 2.03 bits per heavy atom. The number of carbonyl (C=O) groups is 1. The molecule has 0 aliphatic heterocycles. The molecule has 0 amide bonds. The van der Waals surface area contributed by atoms with Gasteiger partial charge in [-0.15, -0.1) is 0 Å². The largest absolute Gasteiger partial charge is 0.392 e. The van der Waals surface area contributed by atoms with Crippen LogP contribution in [-0.2, 0) is 11.2 Å². The van der Waals surface area contributed by atoms with E-state index < -0.39 is 11.2 Å². The van der Waals surface area contributed by atoms with Crippen LogP contribution in [0, 0.1) is 22.7 Å². The van der Waals surface area contributed by atoms with Gasteiger partial charge in [-0.1, -0.05) is 34.9 Å². The number of nitrogens with zero attached hydrogens (tertiary/aromatic N) is 1. The lowest BCUT2D eigenvalue weighted by Crippen LogP contribution is -2.58. The third-order valence-corrected chi connectivity index (χ3v) is 9.34. The van der Waals surface area contributed by atoms with Gasteiger partial charge in [0.05, 0.1) is 18.2 Å². The molecule has 5 nitrogen and oxygen atoms in total. The average Bonchev–Trinajstić information content (AvgIpc) is 3.08.